The zero-order valence-corrected chi connectivity index (χ0v) is 12.8. The van der Waals surface area contributed by atoms with Crippen LogP contribution in [0, 0.1) is 17.3 Å². The van der Waals surface area contributed by atoms with Gasteiger partial charge in [-0.25, -0.2) is 0 Å². The quantitative estimate of drug-likeness (QED) is 0.460. The number of carbonyl (C=O) groups excluding carboxylic acids is 1. The van der Waals surface area contributed by atoms with Crippen molar-refractivity contribution in [2.75, 3.05) is 47.0 Å². The van der Waals surface area contributed by atoms with Crippen LogP contribution in [0.25, 0.3) is 0 Å². The Balaban J connectivity index is 1.90. The molecule has 2 aliphatic rings. The van der Waals surface area contributed by atoms with Gasteiger partial charge in [-0.3, -0.25) is 9.79 Å². The number of carbonyl (C=O) groups is 1. The zero-order valence-electron chi connectivity index (χ0n) is 12.8. The van der Waals surface area contributed by atoms with Crippen LogP contribution in [0.4, 0.5) is 0 Å². The summed E-state index contributed by atoms with van der Waals surface area (Å²) >= 11 is 0. The maximum Gasteiger partial charge on any atom is 0.310 e. The van der Waals surface area contributed by atoms with Gasteiger partial charge in [-0.1, -0.05) is 13.8 Å². The molecule has 0 aromatic carbocycles. The summed E-state index contributed by atoms with van der Waals surface area (Å²) in [4.78, 5) is 18.2. The highest BCUT2D eigenvalue weighted by atomic mass is 16.5. The van der Waals surface area contributed by atoms with E-state index in [-0.39, 0.29) is 23.2 Å². The number of nitrogens with zero attached hydrogens (tertiary/aromatic N) is 2. The van der Waals surface area contributed by atoms with Crippen molar-refractivity contribution in [1.82, 2.24) is 10.2 Å². The number of hydrogen-bond acceptors (Lipinski definition) is 4. The van der Waals surface area contributed by atoms with Crippen LogP contribution in [-0.4, -0.2) is 63.8 Å². The van der Waals surface area contributed by atoms with E-state index in [9.17, 15) is 4.79 Å². The number of ether oxygens (including phenoxy) is 2. The maximum absolute atomic E-state index is 11.7. The molecule has 20 heavy (non-hydrogen) atoms. The van der Waals surface area contributed by atoms with E-state index in [0.717, 1.165) is 32.3 Å². The molecular weight excluding hydrogens is 258 g/mol. The van der Waals surface area contributed by atoms with Crippen LogP contribution < -0.4 is 5.32 Å². The summed E-state index contributed by atoms with van der Waals surface area (Å²) in [6, 6.07) is 0. The Morgan fingerprint density at radius 1 is 1.50 bits per heavy atom. The molecule has 1 N–H and O–H groups in total. The molecule has 114 valence electrons. The third-order valence-electron chi connectivity index (χ3n) is 4.20. The van der Waals surface area contributed by atoms with Gasteiger partial charge in [0.2, 0.25) is 0 Å². The highest BCUT2D eigenvalue weighted by Gasteiger charge is 2.38. The molecule has 2 fully saturated rings. The number of esters is 1. The first-order chi connectivity index (χ1) is 9.49. The molecule has 0 aliphatic carbocycles. The van der Waals surface area contributed by atoms with Crippen LogP contribution in [-0.2, 0) is 14.3 Å². The van der Waals surface area contributed by atoms with Gasteiger partial charge in [-0.05, 0) is 5.92 Å². The van der Waals surface area contributed by atoms with Crippen LogP contribution in [0.2, 0.25) is 0 Å². The maximum atomic E-state index is 11.7. The van der Waals surface area contributed by atoms with Crippen molar-refractivity contribution in [2.24, 2.45) is 22.2 Å². The van der Waals surface area contributed by atoms with Gasteiger partial charge in [-0.2, -0.15) is 0 Å². The molecule has 0 aromatic rings. The predicted octanol–water partition coefficient (Wildman–Crippen LogP) is 0.339. The van der Waals surface area contributed by atoms with Gasteiger partial charge in [0.15, 0.2) is 5.96 Å². The van der Waals surface area contributed by atoms with Gasteiger partial charge in [0.05, 0.1) is 26.2 Å². The standard InChI is InChI=1S/C14H25N3O3/c1-10-5-17(6-11(10)12(18)19-4)13(15-3)16-7-14(2)8-20-9-14/h10-11H,5-9H2,1-4H3,(H,15,16). The lowest BCUT2D eigenvalue weighted by Gasteiger charge is -2.39. The summed E-state index contributed by atoms with van der Waals surface area (Å²) in [7, 11) is 3.22. The molecule has 0 amide bonds. The summed E-state index contributed by atoms with van der Waals surface area (Å²) in [5.41, 5.74) is 0.197. The van der Waals surface area contributed by atoms with Crippen molar-refractivity contribution in [3.63, 3.8) is 0 Å². The van der Waals surface area contributed by atoms with Gasteiger partial charge in [0.25, 0.3) is 0 Å². The molecule has 2 unspecified atom stereocenters. The number of aliphatic imine (C=N–C) groups is 1. The van der Waals surface area contributed by atoms with Crippen LogP contribution in [0.15, 0.2) is 4.99 Å². The first-order valence-corrected chi connectivity index (χ1v) is 7.10. The van der Waals surface area contributed by atoms with Crippen LogP contribution >= 0.6 is 0 Å². The van der Waals surface area contributed by atoms with E-state index in [2.05, 4.69) is 29.1 Å². The molecule has 6 heteroatoms. The Morgan fingerprint density at radius 3 is 2.70 bits per heavy atom. The van der Waals surface area contributed by atoms with Gasteiger partial charge in [0.1, 0.15) is 0 Å². The molecule has 2 aliphatic heterocycles. The van der Waals surface area contributed by atoms with E-state index in [4.69, 9.17) is 9.47 Å². The topological polar surface area (TPSA) is 63.2 Å². The number of likely N-dealkylation sites (tertiary alicyclic amines) is 1. The lowest BCUT2D eigenvalue weighted by Crippen LogP contribution is -2.51. The highest BCUT2D eigenvalue weighted by Crippen LogP contribution is 2.26. The minimum atomic E-state index is -0.130. The third-order valence-corrected chi connectivity index (χ3v) is 4.20. The van der Waals surface area contributed by atoms with Crippen molar-refractivity contribution in [2.45, 2.75) is 13.8 Å². The number of rotatable bonds is 3. The smallest absolute Gasteiger partial charge is 0.310 e. The summed E-state index contributed by atoms with van der Waals surface area (Å²) in [6.07, 6.45) is 0. The van der Waals surface area contributed by atoms with Crippen molar-refractivity contribution in [1.29, 1.82) is 0 Å². The summed E-state index contributed by atoms with van der Waals surface area (Å²) < 4.78 is 10.1. The van der Waals surface area contributed by atoms with Crippen LogP contribution in [0.1, 0.15) is 13.8 Å². The molecule has 2 atom stereocenters. The van der Waals surface area contributed by atoms with E-state index < -0.39 is 0 Å². The number of nitrogens with one attached hydrogen (secondary N) is 1. The van der Waals surface area contributed by atoms with E-state index in [1.165, 1.54) is 7.11 Å². The minimum Gasteiger partial charge on any atom is -0.469 e. The first-order valence-electron chi connectivity index (χ1n) is 7.10. The highest BCUT2D eigenvalue weighted by molar-refractivity contribution is 5.82. The minimum absolute atomic E-state index is 0.0684. The second kappa shape index (κ2) is 5.99. The first kappa shape index (κ1) is 15.1. The Hall–Kier alpha value is -1.30. The van der Waals surface area contributed by atoms with Gasteiger partial charge < -0.3 is 19.7 Å². The molecular formula is C14H25N3O3. The molecule has 0 spiro atoms. The Morgan fingerprint density at radius 2 is 2.20 bits per heavy atom. The molecule has 6 nitrogen and oxygen atoms in total. The molecule has 0 saturated carbocycles. The Kier molecular flexibility index (Phi) is 4.52. The molecule has 2 heterocycles. The summed E-state index contributed by atoms with van der Waals surface area (Å²) in [6.45, 7) is 8.19. The van der Waals surface area contributed by atoms with E-state index in [0.29, 0.717) is 6.54 Å². The molecule has 0 aromatic heterocycles. The molecule has 2 rings (SSSR count). The zero-order chi connectivity index (χ0) is 14.8. The average molecular weight is 283 g/mol. The Bertz CT molecular complexity index is 393. The number of guanidine groups is 1. The SMILES string of the molecule is CN=C(NCC1(C)COC1)N1CC(C)C(C(=O)OC)C1. The normalized spacial score (nSPS) is 29.0. The number of methoxy groups -OCH3 is 1. The van der Waals surface area contributed by atoms with Crippen LogP contribution in [0.5, 0.6) is 0 Å². The van der Waals surface area contributed by atoms with Gasteiger partial charge in [0, 0.05) is 32.1 Å². The van der Waals surface area contributed by atoms with Crippen molar-refractivity contribution in [3.8, 4) is 0 Å². The summed E-state index contributed by atoms with van der Waals surface area (Å²) in [5.74, 6) is 0.941. The monoisotopic (exact) mass is 283 g/mol. The molecule has 0 bridgehead atoms. The fourth-order valence-corrected chi connectivity index (χ4v) is 2.78. The van der Waals surface area contributed by atoms with E-state index >= 15 is 0 Å². The van der Waals surface area contributed by atoms with Crippen LogP contribution in [0.3, 0.4) is 0 Å². The van der Waals surface area contributed by atoms with Crippen molar-refractivity contribution in [3.05, 3.63) is 0 Å². The second-order valence-electron chi connectivity index (χ2n) is 6.22. The summed E-state index contributed by atoms with van der Waals surface area (Å²) in [5, 5.41) is 3.40. The van der Waals surface area contributed by atoms with Crippen molar-refractivity contribution < 1.29 is 14.3 Å². The lowest BCUT2D eigenvalue weighted by molar-refractivity contribution is -0.145. The molecule has 0 radical (unpaired) electrons. The largest absolute Gasteiger partial charge is 0.469 e. The van der Waals surface area contributed by atoms with Gasteiger partial charge in [-0.15, -0.1) is 0 Å². The van der Waals surface area contributed by atoms with Gasteiger partial charge >= 0.3 is 5.97 Å². The van der Waals surface area contributed by atoms with E-state index in [1.807, 2.05) is 0 Å². The third kappa shape index (κ3) is 3.06. The predicted molar refractivity (Wildman–Crippen MR) is 76.5 cm³/mol. The fraction of sp³-hybridized carbons (Fsp3) is 0.857. The van der Waals surface area contributed by atoms with Crippen molar-refractivity contribution >= 4 is 11.9 Å². The lowest BCUT2D eigenvalue weighted by atomic mass is 9.89. The second-order valence-corrected chi connectivity index (χ2v) is 6.22. The average Bonchev–Trinajstić information content (AvgIpc) is 2.78. The fourth-order valence-electron chi connectivity index (χ4n) is 2.78. The van der Waals surface area contributed by atoms with E-state index in [1.54, 1.807) is 7.05 Å². The molecule has 2 saturated heterocycles. The Labute approximate surface area is 120 Å². The number of hydrogen-bond donors (Lipinski definition) is 1.